The maximum Gasteiger partial charge on any atom is 0.273 e. The molecule has 9 heteroatoms. The number of ether oxygens (including phenoxy) is 4. The van der Waals surface area contributed by atoms with Crippen molar-refractivity contribution in [3.05, 3.63) is 52.0 Å². The van der Waals surface area contributed by atoms with Crippen LogP contribution in [0.5, 0.6) is 11.5 Å². The van der Waals surface area contributed by atoms with Crippen molar-refractivity contribution < 1.29 is 23.7 Å². The summed E-state index contributed by atoms with van der Waals surface area (Å²) in [6.45, 7) is 3.35. The highest BCUT2D eigenvalue weighted by molar-refractivity contribution is 9.10. The average Bonchev–Trinajstić information content (AvgIpc) is 3.25. The molecule has 0 aromatic heterocycles. The number of rotatable bonds is 6. The van der Waals surface area contributed by atoms with E-state index in [9.17, 15) is 4.79 Å². The van der Waals surface area contributed by atoms with Crippen molar-refractivity contribution >= 4 is 33.7 Å². The van der Waals surface area contributed by atoms with E-state index in [0.29, 0.717) is 11.5 Å². The van der Waals surface area contributed by atoms with E-state index in [2.05, 4.69) is 31.4 Å². The van der Waals surface area contributed by atoms with Gasteiger partial charge in [0.1, 0.15) is 0 Å². The monoisotopic (exact) mass is 475 g/mol. The molecule has 1 amide bonds. The van der Waals surface area contributed by atoms with Gasteiger partial charge in [0.05, 0.1) is 23.9 Å². The third-order valence-electron chi connectivity index (χ3n) is 4.88. The van der Waals surface area contributed by atoms with E-state index in [0.717, 1.165) is 47.6 Å². The molecule has 2 aromatic carbocycles. The van der Waals surface area contributed by atoms with Gasteiger partial charge in [0.15, 0.2) is 17.6 Å². The van der Waals surface area contributed by atoms with Crippen LogP contribution in [0.2, 0.25) is 0 Å². The van der Waals surface area contributed by atoms with Crippen LogP contribution in [0.4, 0.5) is 5.69 Å². The molecule has 0 bridgehead atoms. The molecule has 2 aromatic rings. The maximum atomic E-state index is 12.6. The molecular formula is C21H22BrN3O5. The number of halogens is 1. The van der Waals surface area contributed by atoms with Crippen LogP contribution in [-0.4, -0.2) is 52.3 Å². The summed E-state index contributed by atoms with van der Waals surface area (Å²) in [5.41, 5.74) is 5.15. The summed E-state index contributed by atoms with van der Waals surface area (Å²) >= 11 is 3.43. The lowest BCUT2D eigenvalue weighted by molar-refractivity contribution is -0.131. The molecule has 4 rings (SSSR count). The summed E-state index contributed by atoms with van der Waals surface area (Å²) in [5, 5.41) is 4.05. The molecule has 0 spiro atoms. The van der Waals surface area contributed by atoms with Crippen LogP contribution in [0.3, 0.4) is 0 Å². The molecule has 1 unspecified atom stereocenters. The second-order valence-corrected chi connectivity index (χ2v) is 7.63. The molecule has 2 aliphatic rings. The van der Waals surface area contributed by atoms with Gasteiger partial charge < -0.3 is 23.8 Å². The SMILES string of the molecule is COC(C(=O)NN=Cc1cc(Br)c2c(c1)OCO2)c1ccc(N2CCOCC2)cc1. The number of fused-ring (bicyclic) bond motifs is 1. The Bertz CT molecular complexity index is 929. The zero-order valence-corrected chi connectivity index (χ0v) is 18.1. The molecular weight excluding hydrogens is 454 g/mol. The molecule has 30 heavy (non-hydrogen) atoms. The van der Waals surface area contributed by atoms with Crippen LogP contribution in [0, 0.1) is 0 Å². The molecule has 1 N–H and O–H groups in total. The van der Waals surface area contributed by atoms with Gasteiger partial charge in [0, 0.05) is 25.9 Å². The first-order valence-corrected chi connectivity index (χ1v) is 10.3. The van der Waals surface area contributed by atoms with Gasteiger partial charge in [-0.3, -0.25) is 4.79 Å². The number of hydrogen-bond donors (Lipinski definition) is 1. The lowest BCUT2D eigenvalue weighted by Crippen LogP contribution is -2.36. The highest BCUT2D eigenvalue weighted by atomic mass is 79.9. The van der Waals surface area contributed by atoms with E-state index in [1.165, 1.54) is 7.11 Å². The first-order valence-electron chi connectivity index (χ1n) is 9.53. The van der Waals surface area contributed by atoms with Gasteiger partial charge in [-0.1, -0.05) is 12.1 Å². The fraction of sp³-hybridized carbons (Fsp3) is 0.333. The van der Waals surface area contributed by atoms with Crippen LogP contribution in [-0.2, 0) is 14.3 Å². The Morgan fingerprint density at radius 2 is 2.00 bits per heavy atom. The Kier molecular flexibility index (Phi) is 6.51. The fourth-order valence-electron chi connectivity index (χ4n) is 3.37. The normalized spacial score (nSPS) is 16.7. The van der Waals surface area contributed by atoms with Gasteiger partial charge in [-0.05, 0) is 51.3 Å². The number of nitrogens with zero attached hydrogens (tertiary/aromatic N) is 2. The minimum absolute atomic E-state index is 0.186. The Labute approximate surface area is 182 Å². The number of carbonyl (C=O) groups is 1. The number of carbonyl (C=O) groups excluding carboxylic acids is 1. The molecule has 1 saturated heterocycles. The Balaban J connectivity index is 1.39. The predicted molar refractivity (Wildman–Crippen MR) is 115 cm³/mol. The van der Waals surface area contributed by atoms with Gasteiger partial charge in [-0.25, -0.2) is 5.43 Å². The van der Waals surface area contributed by atoms with E-state index in [-0.39, 0.29) is 12.7 Å². The summed E-state index contributed by atoms with van der Waals surface area (Å²) in [4.78, 5) is 14.8. The number of hydrazone groups is 1. The summed E-state index contributed by atoms with van der Waals surface area (Å²) in [6.07, 6.45) is 0.781. The van der Waals surface area contributed by atoms with Crippen molar-refractivity contribution in [2.24, 2.45) is 5.10 Å². The zero-order valence-electron chi connectivity index (χ0n) is 16.5. The number of benzene rings is 2. The third kappa shape index (κ3) is 4.58. The molecule has 158 valence electrons. The van der Waals surface area contributed by atoms with E-state index in [1.807, 2.05) is 30.3 Å². The summed E-state index contributed by atoms with van der Waals surface area (Å²) in [7, 11) is 1.50. The van der Waals surface area contributed by atoms with Crippen LogP contribution in [0.15, 0.2) is 46.0 Å². The Morgan fingerprint density at radius 3 is 2.73 bits per heavy atom. The Morgan fingerprint density at radius 1 is 1.23 bits per heavy atom. The number of methoxy groups -OCH3 is 1. The van der Waals surface area contributed by atoms with Gasteiger partial charge in [-0.15, -0.1) is 0 Å². The molecule has 2 heterocycles. The topological polar surface area (TPSA) is 81.6 Å². The van der Waals surface area contributed by atoms with Gasteiger partial charge in [0.25, 0.3) is 5.91 Å². The predicted octanol–water partition coefficient (Wildman–Crippen LogP) is 2.85. The van der Waals surface area contributed by atoms with Crippen molar-refractivity contribution in [3.63, 3.8) is 0 Å². The second-order valence-electron chi connectivity index (χ2n) is 6.78. The van der Waals surface area contributed by atoms with Gasteiger partial charge >= 0.3 is 0 Å². The minimum Gasteiger partial charge on any atom is -0.454 e. The van der Waals surface area contributed by atoms with Crippen molar-refractivity contribution in [3.8, 4) is 11.5 Å². The van der Waals surface area contributed by atoms with Crippen LogP contribution in [0.1, 0.15) is 17.2 Å². The van der Waals surface area contributed by atoms with E-state index in [4.69, 9.17) is 18.9 Å². The molecule has 0 saturated carbocycles. The van der Waals surface area contributed by atoms with Crippen LogP contribution < -0.4 is 19.8 Å². The van der Waals surface area contributed by atoms with E-state index in [1.54, 1.807) is 12.3 Å². The van der Waals surface area contributed by atoms with E-state index < -0.39 is 6.10 Å². The lowest BCUT2D eigenvalue weighted by atomic mass is 10.1. The molecule has 0 radical (unpaired) electrons. The quantitative estimate of drug-likeness (QED) is 0.510. The number of hydrogen-bond acceptors (Lipinski definition) is 7. The highest BCUT2D eigenvalue weighted by Gasteiger charge is 2.21. The van der Waals surface area contributed by atoms with Crippen molar-refractivity contribution in [1.29, 1.82) is 0 Å². The molecule has 2 aliphatic heterocycles. The van der Waals surface area contributed by atoms with Crippen molar-refractivity contribution in [2.45, 2.75) is 6.10 Å². The van der Waals surface area contributed by atoms with Crippen LogP contribution in [0.25, 0.3) is 0 Å². The smallest absolute Gasteiger partial charge is 0.273 e. The van der Waals surface area contributed by atoms with Gasteiger partial charge in [-0.2, -0.15) is 5.10 Å². The standard InChI is InChI=1S/C21H22BrN3O5/c1-27-19(15-2-4-16(5-3-15)25-6-8-28-9-7-25)21(26)24-23-12-14-10-17(22)20-18(11-14)29-13-30-20/h2-5,10-12,19H,6-9,13H2,1H3,(H,24,26). The van der Waals surface area contributed by atoms with Crippen molar-refractivity contribution in [1.82, 2.24) is 5.43 Å². The summed E-state index contributed by atoms with van der Waals surface area (Å²) < 4.78 is 22.3. The van der Waals surface area contributed by atoms with Crippen LogP contribution >= 0.6 is 15.9 Å². The first-order chi connectivity index (χ1) is 14.7. The number of nitrogens with one attached hydrogen (secondary N) is 1. The molecule has 1 fully saturated rings. The average molecular weight is 476 g/mol. The summed E-state index contributed by atoms with van der Waals surface area (Å²) in [5.74, 6) is 0.941. The minimum atomic E-state index is -0.760. The number of anilines is 1. The lowest BCUT2D eigenvalue weighted by Gasteiger charge is -2.29. The third-order valence-corrected chi connectivity index (χ3v) is 5.47. The summed E-state index contributed by atoms with van der Waals surface area (Å²) in [6, 6.07) is 11.4. The largest absolute Gasteiger partial charge is 0.454 e. The zero-order chi connectivity index (χ0) is 20.9. The number of amides is 1. The van der Waals surface area contributed by atoms with Crippen molar-refractivity contribution in [2.75, 3.05) is 45.1 Å². The first kappa shape index (κ1) is 20.6. The second kappa shape index (κ2) is 9.46. The van der Waals surface area contributed by atoms with E-state index >= 15 is 0 Å². The molecule has 8 nitrogen and oxygen atoms in total. The Hall–Kier alpha value is -2.62. The fourth-order valence-corrected chi connectivity index (χ4v) is 3.94. The molecule has 1 atom stereocenters. The maximum absolute atomic E-state index is 12.6. The number of morpholine rings is 1. The molecule has 0 aliphatic carbocycles. The highest BCUT2D eigenvalue weighted by Crippen LogP contribution is 2.39. The van der Waals surface area contributed by atoms with Gasteiger partial charge in [0.2, 0.25) is 6.79 Å².